The summed E-state index contributed by atoms with van der Waals surface area (Å²) in [5.74, 6) is 0.969. The summed E-state index contributed by atoms with van der Waals surface area (Å²) in [5, 5.41) is 9.60. The van der Waals surface area contributed by atoms with E-state index in [1.807, 2.05) is 0 Å². The van der Waals surface area contributed by atoms with Crippen molar-refractivity contribution in [2.45, 2.75) is 39.2 Å². The van der Waals surface area contributed by atoms with Gasteiger partial charge in [0.1, 0.15) is 5.75 Å². The number of aliphatic hydroxyl groups is 1. The van der Waals surface area contributed by atoms with Crippen molar-refractivity contribution in [3.8, 4) is 5.75 Å². The number of nitrogens with zero attached hydrogens (tertiary/aromatic N) is 1. The van der Waals surface area contributed by atoms with Crippen LogP contribution < -0.4 is 4.74 Å². The van der Waals surface area contributed by atoms with E-state index >= 15 is 0 Å². The smallest absolute Gasteiger partial charge is 0.119 e. The molecule has 1 N–H and O–H groups in total. The Balaban J connectivity index is 1.68. The Morgan fingerprint density at radius 2 is 2.00 bits per heavy atom. The highest BCUT2D eigenvalue weighted by Gasteiger charge is 2.16. The van der Waals surface area contributed by atoms with Crippen LogP contribution in [0.1, 0.15) is 30.4 Å². The summed E-state index contributed by atoms with van der Waals surface area (Å²) in [7, 11) is 0. The second-order valence-corrected chi connectivity index (χ2v) is 5.62. The molecule has 0 aromatic heterocycles. The molecule has 3 nitrogen and oxygen atoms in total. The fourth-order valence-corrected chi connectivity index (χ4v) is 2.73. The van der Waals surface area contributed by atoms with Gasteiger partial charge in [-0.2, -0.15) is 0 Å². The monoisotopic (exact) mass is 263 g/mol. The molecule has 1 aliphatic rings. The summed E-state index contributed by atoms with van der Waals surface area (Å²) in [6.45, 7) is 7.88. The number of rotatable bonds is 5. The summed E-state index contributed by atoms with van der Waals surface area (Å²) in [4.78, 5) is 2.33. The van der Waals surface area contributed by atoms with Gasteiger partial charge >= 0.3 is 0 Å². The second-order valence-electron chi connectivity index (χ2n) is 5.62. The maximum absolute atomic E-state index is 9.60. The Labute approximate surface area is 116 Å². The number of aryl methyl sites for hydroxylation is 2. The van der Waals surface area contributed by atoms with Gasteiger partial charge in [-0.25, -0.2) is 0 Å². The molecule has 1 aliphatic heterocycles. The zero-order valence-electron chi connectivity index (χ0n) is 12.1. The van der Waals surface area contributed by atoms with Crippen LogP contribution in [0.3, 0.4) is 0 Å². The van der Waals surface area contributed by atoms with Crippen LogP contribution in [0.2, 0.25) is 0 Å². The van der Waals surface area contributed by atoms with Crippen molar-refractivity contribution in [2.24, 2.45) is 0 Å². The fraction of sp³-hybridized carbons (Fsp3) is 0.625. The van der Waals surface area contributed by atoms with Gasteiger partial charge in [0, 0.05) is 13.1 Å². The Morgan fingerprint density at radius 1 is 1.26 bits per heavy atom. The van der Waals surface area contributed by atoms with Crippen molar-refractivity contribution in [2.75, 3.05) is 26.2 Å². The molecule has 1 atom stereocenters. The van der Waals surface area contributed by atoms with Crippen LogP contribution in [0.25, 0.3) is 0 Å². The molecule has 1 fully saturated rings. The molecule has 1 aromatic carbocycles. The van der Waals surface area contributed by atoms with Gasteiger partial charge < -0.3 is 14.7 Å². The SMILES string of the molecule is Cc1cc(C)cc(OCCCN2CCCC(O)C2)c1. The lowest BCUT2D eigenvalue weighted by atomic mass is 10.1. The summed E-state index contributed by atoms with van der Waals surface area (Å²) >= 11 is 0. The maximum Gasteiger partial charge on any atom is 0.119 e. The average Bonchev–Trinajstić information content (AvgIpc) is 2.34. The molecule has 106 valence electrons. The zero-order valence-corrected chi connectivity index (χ0v) is 12.1. The van der Waals surface area contributed by atoms with Crippen molar-refractivity contribution in [3.05, 3.63) is 29.3 Å². The molecule has 1 saturated heterocycles. The van der Waals surface area contributed by atoms with E-state index in [9.17, 15) is 5.11 Å². The molecule has 0 aliphatic carbocycles. The first kappa shape index (κ1) is 14.4. The third-order valence-electron chi connectivity index (χ3n) is 3.56. The van der Waals surface area contributed by atoms with E-state index in [2.05, 4.69) is 36.9 Å². The van der Waals surface area contributed by atoms with Crippen molar-refractivity contribution in [1.29, 1.82) is 0 Å². The highest BCUT2D eigenvalue weighted by Crippen LogP contribution is 2.16. The summed E-state index contributed by atoms with van der Waals surface area (Å²) in [5.41, 5.74) is 2.49. The van der Waals surface area contributed by atoms with Gasteiger partial charge in [-0.3, -0.25) is 0 Å². The Hall–Kier alpha value is -1.06. The number of likely N-dealkylation sites (tertiary alicyclic amines) is 1. The zero-order chi connectivity index (χ0) is 13.7. The molecule has 0 bridgehead atoms. The Kier molecular flexibility index (Phi) is 5.23. The molecule has 0 amide bonds. The third kappa shape index (κ3) is 4.84. The van der Waals surface area contributed by atoms with E-state index in [4.69, 9.17) is 4.74 Å². The van der Waals surface area contributed by atoms with Gasteiger partial charge in [0.15, 0.2) is 0 Å². The minimum absolute atomic E-state index is 0.130. The molecule has 0 radical (unpaired) electrons. The van der Waals surface area contributed by atoms with E-state index in [1.54, 1.807) is 0 Å². The summed E-state index contributed by atoms with van der Waals surface area (Å²) in [6.07, 6.45) is 2.95. The minimum atomic E-state index is -0.130. The van der Waals surface area contributed by atoms with Crippen LogP contribution in [-0.4, -0.2) is 42.4 Å². The molecule has 0 spiro atoms. The van der Waals surface area contributed by atoms with E-state index in [-0.39, 0.29) is 6.10 Å². The van der Waals surface area contributed by atoms with Gasteiger partial charge in [-0.15, -0.1) is 0 Å². The molecule has 1 heterocycles. The van der Waals surface area contributed by atoms with E-state index in [0.29, 0.717) is 0 Å². The standard InChI is InChI=1S/C16H25NO2/c1-13-9-14(2)11-16(10-13)19-8-4-7-17-6-3-5-15(18)12-17/h9-11,15,18H,3-8,12H2,1-2H3. The van der Waals surface area contributed by atoms with Crippen molar-refractivity contribution in [3.63, 3.8) is 0 Å². The molecule has 2 rings (SSSR count). The van der Waals surface area contributed by atoms with Crippen LogP contribution in [0.5, 0.6) is 5.75 Å². The van der Waals surface area contributed by atoms with Gasteiger partial charge in [-0.1, -0.05) is 6.07 Å². The van der Waals surface area contributed by atoms with Crippen molar-refractivity contribution < 1.29 is 9.84 Å². The number of piperidine rings is 1. The molecular formula is C16H25NO2. The van der Waals surface area contributed by atoms with Crippen LogP contribution in [-0.2, 0) is 0 Å². The highest BCUT2D eigenvalue weighted by molar-refractivity contribution is 5.32. The maximum atomic E-state index is 9.60. The predicted molar refractivity (Wildman–Crippen MR) is 77.7 cm³/mol. The molecular weight excluding hydrogens is 238 g/mol. The van der Waals surface area contributed by atoms with Gasteiger partial charge in [0.05, 0.1) is 12.7 Å². The normalized spacial score (nSPS) is 20.5. The molecule has 3 heteroatoms. The van der Waals surface area contributed by atoms with Crippen molar-refractivity contribution in [1.82, 2.24) is 4.90 Å². The van der Waals surface area contributed by atoms with E-state index < -0.39 is 0 Å². The number of benzene rings is 1. The van der Waals surface area contributed by atoms with Gasteiger partial charge in [-0.05, 0) is 62.9 Å². The van der Waals surface area contributed by atoms with Gasteiger partial charge in [0.25, 0.3) is 0 Å². The average molecular weight is 263 g/mol. The lowest BCUT2D eigenvalue weighted by Gasteiger charge is -2.29. The van der Waals surface area contributed by atoms with Crippen LogP contribution in [0.15, 0.2) is 18.2 Å². The molecule has 1 unspecified atom stereocenters. The van der Waals surface area contributed by atoms with Gasteiger partial charge in [0.2, 0.25) is 0 Å². The molecule has 0 saturated carbocycles. The number of β-amino-alcohol motifs (C(OH)–C–C–N with tert-alkyl or cyclic N) is 1. The molecule has 19 heavy (non-hydrogen) atoms. The first-order valence-corrected chi connectivity index (χ1v) is 7.25. The first-order chi connectivity index (χ1) is 9.13. The lowest BCUT2D eigenvalue weighted by molar-refractivity contribution is 0.0679. The minimum Gasteiger partial charge on any atom is -0.494 e. The topological polar surface area (TPSA) is 32.7 Å². The largest absolute Gasteiger partial charge is 0.494 e. The van der Waals surface area contributed by atoms with Crippen LogP contribution >= 0.6 is 0 Å². The van der Waals surface area contributed by atoms with Crippen molar-refractivity contribution >= 4 is 0 Å². The Morgan fingerprint density at radius 3 is 2.68 bits per heavy atom. The predicted octanol–water partition coefficient (Wildman–Crippen LogP) is 2.53. The summed E-state index contributed by atoms with van der Waals surface area (Å²) < 4.78 is 5.80. The fourth-order valence-electron chi connectivity index (χ4n) is 2.73. The third-order valence-corrected chi connectivity index (χ3v) is 3.56. The van der Waals surface area contributed by atoms with E-state index in [1.165, 1.54) is 11.1 Å². The van der Waals surface area contributed by atoms with E-state index in [0.717, 1.165) is 51.3 Å². The quantitative estimate of drug-likeness (QED) is 0.829. The summed E-state index contributed by atoms with van der Waals surface area (Å²) in [6, 6.07) is 6.32. The number of hydrogen-bond donors (Lipinski definition) is 1. The first-order valence-electron chi connectivity index (χ1n) is 7.25. The highest BCUT2D eigenvalue weighted by atomic mass is 16.5. The number of hydrogen-bond acceptors (Lipinski definition) is 3. The number of aliphatic hydroxyl groups excluding tert-OH is 1. The van der Waals surface area contributed by atoms with Crippen LogP contribution in [0, 0.1) is 13.8 Å². The number of ether oxygens (including phenoxy) is 1. The lowest BCUT2D eigenvalue weighted by Crippen LogP contribution is -2.39. The Bertz CT molecular complexity index is 385. The molecule has 1 aromatic rings. The van der Waals surface area contributed by atoms with Crippen LogP contribution in [0.4, 0.5) is 0 Å². The second kappa shape index (κ2) is 6.92.